The summed E-state index contributed by atoms with van der Waals surface area (Å²) in [5.74, 6) is -1.10. The second kappa shape index (κ2) is 3.46. The molecule has 0 spiro atoms. The van der Waals surface area contributed by atoms with Gasteiger partial charge in [0, 0.05) is 0 Å². The lowest BCUT2D eigenvalue weighted by atomic mass is 10.7. The maximum atomic E-state index is 10.0. The minimum atomic E-state index is -4.73. The van der Waals surface area contributed by atoms with E-state index in [0.29, 0.717) is 0 Å². The molecule has 0 heterocycles. The van der Waals surface area contributed by atoms with Gasteiger partial charge < -0.3 is 5.73 Å². The van der Waals surface area contributed by atoms with E-state index >= 15 is 0 Å². The Morgan fingerprint density at radius 1 is 1.60 bits per heavy atom. The lowest BCUT2D eigenvalue weighted by molar-refractivity contribution is -0.212. The highest BCUT2D eigenvalue weighted by Crippen LogP contribution is 1.86. The molecule has 7 nitrogen and oxygen atoms in total. The second-order valence-corrected chi connectivity index (χ2v) is 2.15. The van der Waals surface area contributed by atoms with Crippen LogP contribution in [-0.4, -0.2) is 25.5 Å². The molecule has 0 unspecified atom stereocenters. The van der Waals surface area contributed by atoms with Crippen molar-refractivity contribution in [2.24, 2.45) is 5.73 Å². The molecule has 0 aromatic heterocycles. The molecule has 0 aromatic rings. The Hall–Kier alpha value is -0.700. The summed E-state index contributed by atoms with van der Waals surface area (Å²) >= 11 is 0. The van der Waals surface area contributed by atoms with Crippen molar-refractivity contribution in [3.05, 3.63) is 0 Å². The largest absolute Gasteiger partial charge is 0.432 e. The summed E-state index contributed by atoms with van der Waals surface area (Å²) in [6.07, 6.45) is 0. The zero-order valence-corrected chi connectivity index (χ0v) is 5.50. The van der Waals surface area contributed by atoms with Gasteiger partial charge in [0.15, 0.2) is 0 Å². The van der Waals surface area contributed by atoms with Gasteiger partial charge in [-0.05, 0) is 4.33 Å². The van der Waals surface area contributed by atoms with Gasteiger partial charge in [0.25, 0.3) is 0 Å². The van der Waals surface area contributed by atoms with Crippen LogP contribution in [0.1, 0.15) is 0 Å². The number of carbonyl (C=O) groups is 1. The van der Waals surface area contributed by atoms with Crippen LogP contribution in [0.15, 0.2) is 0 Å². The van der Waals surface area contributed by atoms with Gasteiger partial charge in [0.05, 0.1) is 6.54 Å². The lowest BCUT2D eigenvalue weighted by Gasteiger charge is -1.95. The molecule has 0 aliphatic carbocycles. The smallest absolute Gasteiger partial charge is 0.321 e. The summed E-state index contributed by atoms with van der Waals surface area (Å²) in [5, 5.41) is 0. The SMILES string of the molecule is NCC(=O)OOS(=O)(=O)O. The molecule has 0 fully saturated rings. The van der Waals surface area contributed by atoms with Gasteiger partial charge in [-0.15, -0.1) is 0 Å². The minimum Gasteiger partial charge on any atom is -0.321 e. The van der Waals surface area contributed by atoms with E-state index in [0.717, 1.165) is 0 Å². The fraction of sp³-hybridized carbons (Fsp3) is 0.500. The van der Waals surface area contributed by atoms with Crippen LogP contribution in [0.3, 0.4) is 0 Å². The summed E-state index contributed by atoms with van der Waals surface area (Å²) in [6, 6.07) is 0. The van der Waals surface area contributed by atoms with Crippen molar-refractivity contribution in [3.63, 3.8) is 0 Å². The van der Waals surface area contributed by atoms with E-state index in [-0.39, 0.29) is 0 Å². The zero-order valence-electron chi connectivity index (χ0n) is 4.68. The molecule has 60 valence electrons. The van der Waals surface area contributed by atoms with E-state index in [1.165, 1.54) is 0 Å². The summed E-state index contributed by atoms with van der Waals surface area (Å²) in [5.41, 5.74) is 4.67. The Bertz CT molecular complexity index is 206. The molecule has 0 aliphatic rings. The van der Waals surface area contributed by atoms with E-state index in [1.54, 1.807) is 0 Å². The highest BCUT2D eigenvalue weighted by Gasteiger charge is 2.09. The first-order chi connectivity index (χ1) is 4.45. The highest BCUT2D eigenvalue weighted by molar-refractivity contribution is 7.80. The van der Waals surface area contributed by atoms with E-state index in [2.05, 4.69) is 15.0 Å². The standard InChI is InChI=1S/C2H5NO6S/c3-1-2(4)8-9-10(5,6)7/h1,3H2,(H,5,6,7). The van der Waals surface area contributed by atoms with Crippen molar-refractivity contribution >= 4 is 16.4 Å². The van der Waals surface area contributed by atoms with E-state index in [4.69, 9.17) is 4.55 Å². The molecule has 3 N–H and O–H groups in total. The van der Waals surface area contributed by atoms with Crippen molar-refractivity contribution < 1.29 is 27.0 Å². The fourth-order valence-electron chi connectivity index (χ4n) is 0.115. The van der Waals surface area contributed by atoms with Crippen LogP contribution < -0.4 is 5.73 Å². The number of hydrogen-bond donors (Lipinski definition) is 2. The van der Waals surface area contributed by atoms with Crippen molar-refractivity contribution in [1.82, 2.24) is 0 Å². The predicted molar refractivity (Wildman–Crippen MR) is 27.8 cm³/mol. The first kappa shape index (κ1) is 9.30. The summed E-state index contributed by atoms with van der Waals surface area (Å²) in [6.45, 7) is -0.532. The van der Waals surface area contributed by atoms with Gasteiger partial charge in [0.2, 0.25) is 0 Å². The first-order valence-corrected chi connectivity index (χ1v) is 3.38. The highest BCUT2D eigenvalue weighted by atomic mass is 32.3. The molecule has 0 amide bonds. The minimum absolute atomic E-state index is 0.532. The quantitative estimate of drug-likeness (QED) is 0.293. The Kier molecular flexibility index (Phi) is 3.22. The molecule has 0 aliphatic heterocycles. The van der Waals surface area contributed by atoms with Crippen molar-refractivity contribution in [2.45, 2.75) is 0 Å². The average molecular weight is 171 g/mol. The second-order valence-electron chi connectivity index (χ2n) is 1.16. The third-order valence-electron chi connectivity index (χ3n) is 0.380. The van der Waals surface area contributed by atoms with Crippen LogP contribution in [0, 0.1) is 0 Å². The molecule has 0 aromatic carbocycles. The maximum absolute atomic E-state index is 10.0. The van der Waals surface area contributed by atoms with Gasteiger partial charge in [-0.25, -0.2) is 4.79 Å². The molecule has 0 atom stereocenters. The van der Waals surface area contributed by atoms with Crippen LogP contribution in [0.5, 0.6) is 0 Å². The van der Waals surface area contributed by atoms with E-state index in [9.17, 15) is 13.2 Å². The van der Waals surface area contributed by atoms with Crippen LogP contribution in [0.4, 0.5) is 0 Å². The molecular formula is C2H5NO6S. The normalized spacial score (nSPS) is 11.0. The van der Waals surface area contributed by atoms with Gasteiger partial charge in [-0.3, -0.25) is 9.44 Å². The van der Waals surface area contributed by atoms with E-state index in [1.807, 2.05) is 0 Å². The van der Waals surface area contributed by atoms with Gasteiger partial charge in [0.1, 0.15) is 0 Å². The third kappa shape index (κ3) is 5.44. The molecule has 0 radical (unpaired) electrons. The van der Waals surface area contributed by atoms with Crippen LogP contribution in [0.2, 0.25) is 0 Å². The van der Waals surface area contributed by atoms with Crippen molar-refractivity contribution in [1.29, 1.82) is 0 Å². The number of nitrogens with two attached hydrogens (primary N) is 1. The number of hydrogen-bond acceptors (Lipinski definition) is 6. The Morgan fingerprint density at radius 3 is 2.40 bits per heavy atom. The molecule has 0 saturated carbocycles. The van der Waals surface area contributed by atoms with Crippen LogP contribution in [0.25, 0.3) is 0 Å². The van der Waals surface area contributed by atoms with Crippen molar-refractivity contribution in [3.8, 4) is 0 Å². The number of rotatable bonds is 3. The predicted octanol–water partition coefficient (Wildman–Crippen LogP) is -1.78. The fourth-order valence-corrected chi connectivity index (χ4v) is 0.277. The molecule has 0 saturated heterocycles. The third-order valence-corrected chi connectivity index (χ3v) is 0.620. The van der Waals surface area contributed by atoms with Gasteiger partial charge in [-0.1, -0.05) is 0 Å². The zero-order chi connectivity index (χ0) is 8.20. The molecule has 8 heteroatoms. The van der Waals surface area contributed by atoms with Crippen molar-refractivity contribution in [2.75, 3.05) is 6.54 Å². The Labute approximate surface area is 56.6 Å². The Balaban J connectivity index is 3.67. The topological polar surface area (TPSA) is 116 Å². The maximum Gasteiger partial charge on any atom is 0.432 e. The van der Waals surface area contributed by atoms with Gasteiger partial charge >= 0.3 is 16.4 Å². The molecule has 10 heavy (non-hydrogen) atoms. The van der Waals surface area contributed by atoms with Gasteiger partial charge in [-0.2, -0.15) is 8.42 Å². The first-order valence-electron chi connectivity index (χ1n) is 2.02. The summed E-state index contributed by atoms with van der Waals surface area (Å²) in [7, 11) is -4.73. The lowest BCUT2D eigenvalue weighted by Crippen LogP contribution is -2.18. The molecule has 0 rings (SSSR count). The van der Waals surface area contributed by atoms with Crippen LogP contribution >= 0.6 is 0 Å². The number of carbonyl (C=O) groups excluding carboxylic acids is 1. The van der Waals surface area contributed by atoms with E-state index < -0.39 is 22.9 Å². The molecular weight excluding hydrogens is 166 g/mol. The Morgan fingerprint density at radius 2 is 2.10 bits per heavy atom. The average Bonchev–Trinajstić information content (AvgIpc) is 1.81. The summed E-state index contributed by atoms with van der Waals surface area (Å²) < 4.78 is 30.3. The van der Waals surface area contributed by atoms with Crippen LogP contribution in [-0.2, 0) is 24.4 Å². The molecule has 0 bridgehead atoms. The summed E-state index contributed by atoms with van der Waals surface area (Å²) in [4.78, 5) is 13.5. The monoisotopic (exact) mass is 171 g/mol.